The molecule has 0 unspecified atom stereocenters. The molecule has 0 spiro atoms. The third-order valence-electron chi connectivity index (χ3n) is 4.37. The number of para-hydroxylation sites is 1. The topological polar surface area (TPSA) is 85.8 Å². The molecule has 0 aliphatic heterocycles. The van der Waals surface area contributed by atoms with E-state index in [9.17, 15) is 4.79 Å². The highest BCUT2D eigenvalue weighted by molar-refractivity contribution is 5.98. The molecule has 2 aromatic heterocycles. The van der Waals surface area contributed by atoms with E-state index in [4.69, 9.17) is 5.73 Å². The molecule has 0 fully saturated rings. The highest BCUT2D eigenvalue weighted by Crippen LogP contribution is 2.19. The van der Waals surface area contributed by atoms with Crippen molar-refractivity contribution in [1.82, 2.24) is 19.9 Å². The van der Waals surface area contributed by atoms with E-state index in [1.165, 1.54) is 6.33 Å². The summed E-state index contributed by atoms with van der Waals surface area (Å²) in [5.41, 5.74) is 9.22. The van der Waals surface area contributed by atoms with E-state index in [-0.39, 0.29) is 5.91 Å². The van der Waals surface area contributed by atoms with Crippen molar-refractivity contribution < 1.29 is 4.79 Å². The van der Waals surface area contributed by atoms with E-state index in [2.05, 4.69) is 15.3 Å². The van der Waals surface area contributed by atoms with Crippen molar-refractivity contribution >= 4 is 33.5 Å². The van der Waals surface area contributed by atoms with Crippen LogP contribution in [0, 0.1) is 0 Å². The third-order valence-corrected chi connectivity index (χ3v) is 4.37. The van der Waals surface area contributed by atoms with Crippen molar-refractivity contribution in [3.05, 3.63) is 66.1 Å². The molecule has 4 aromatic rings. The number of nitrogen functional groups attached to an aromatic ring is 1. The summed E-state index contributed by atoms with van der Waals surface area (Å²) in [6, 6.07) is 15.5. The Hall–Kier alpha value is -3.41. The number of carbonyl (C=O) groups excluding carboxylic acids is 1. The molecule has 124 valence electrons. The summed E-state index contributed by atoms with van der Waals surface area (Å²) in [7, 11) is 1.90. The van der Waals surface area contributed by atoms with Gasteiger partial charge in [-0.3, -0.25) is 4.79 Å². The Kier molecular flexibility index (Phi) is 3.57. The molecule has 2 aromatic carbocycles. The number of anilines is 1. The Morgan fingerprint density at radius 3 is 2.84 bits per heavy atom. The summed E-state index contributed by atoms with van der Waals surface area (Å²) >= 11 is 0. The first-order chi connectivity index (χ1) is 12.1. The molecule has 6 nitrogen and oxygen atoms in total. The Balaban J connectivity index is 1.56. The fraction of sp³-hybridized carbons (Fsp3) is 0.105. The maximum atomic E-state index is 12.5. The minimum absolute atomic E-state index is 0.110. The molecule has 0 radical (unpaired) electrons. The number of benzene rings is 2. The normalized spacial score (nSPS) is 11.1. The zero-order valence-corrected chi connectivity index (χ0v) is 13.7. The van der Waals surface area contributed by atoms with Crippen LogP contribution in [-0.2, 0) is 13.6 Å². The van der Waals surface area contributed by atoms with Gasteiger partial charge in [-0.15, -0.1) is 0 Å². The number of aryl methyl sites for hydroxylation is 1. The van der Waals surface area contributed by atoms with Gasteiger partial charge in [0.2, 0.25) is 0 Å². The monoisotopic (exact) mass is 331 g/mol. The molecule has 25 heavy (non-hydrogen) atoms. The second kappa shape index (κ2) is 5.90. The van der Waals surface area contributed by atoms with Gasteiger partial charge in [-0.25, -0.2) is 9.97 Å². The number of hydrogen-bond donors (Lipinski definition) is 2. The lowest BCUT2D eigenvalue weighted by Crippen LogP contribution is -2.24. The molecule has 1 amide bonds. The van der Waals surface area contributed by atoms with Crippen LogP contribution in [0.2, 0.25) is 0 Å². The second-order valence-electron chi connectivity index (χ2n) is 5.94. The van der Waals surface area contributed by atoms with Gasteiger partial charge in [0.1, 0.15) is 17.8 Å². The summed E-state index contributed by atoms with van der Waals surface area (Å²) in [5, 5.41) is 4.82. The largest absolute Gasteiger partial charge is 0.383 e. The number of fused-ring (bicyclic) bond motifs is 2. The Labute approximate surface area is 144 Å². The van der Waals surface area contributed by atoms with Crippen molar-refractivity contribution in [2.75, 3.05) is 5.73 Å². The van der Waals surface area contributed by atoms with Crippen LogP contribution < -0.4 is 11.1 Å². The third kappa shape index (κ3) is 2.67. The average Bonchev–Trinajstić information content (AvgIpc) is 2.97. The minimum atomic E-state index is -0.110. The SMILES string of the molecule is Cn1c(C(=O)NCc2ccc3c(N)ncnc3c2)cc2ccccc21. The van der Waals surface area contributed by atoms with Crippen LogP contribution in [0.25, 0.3) is 21.8 Å². The summed E-state index contributed by atoms with van der Waals surface area (Å²) in [6.07, 6.45) is 1.44. The number of carbonyl (C=O) groups is 1. The van der Waals surface area contributed by atoms with Crippen LogP contribution in [0.3, 0.4) is 0 Å². The first-order valence-corrected chi connectivity index (χ1v) is 7.95. The van der Waals surface area contributed by atoms with Crippen LogP contribution in [0.5, 0.6) is 0 Å². The number of nitrogens with two attached hydrogens (primary N) is 1. The van der Waals surface area contributed by atoms with E-state index < -0.39 is 0 Å². The predicted octanol–water partition coefficient (Wildman–Crippen LogP) is 2.63. The summed E-state index contributed by atoms with van der Waals surface area (Å²) in [4.78, 5) is 20.7. The number of aromatic nitrogens is 3. The van der Waals surface area contributed by atoms with Crippen molar-refractivity contribution in [3.63, 3.8) is 0 Å². The molecule has 4 rings (SSSR count). The van der Waals surface area contributed by atoms with E-state index in [1.54, 1.807) is 0 Å². The predicted molar refractivity (Wildman–Crippen MR) is 98.0 cm³/mol. The molecule has 6 heteroatoms. The number of hydrogen-bond acceptors (Lipinski definition) is 4. The van der Waals surface area contributed by atoms with Crippen molar-refractivity contribution in [1.29, 1.82) is 0 Å². The highest BCUT2D eigenvalue weighted by Gasteiger charge is 2.13. The van der Waals surface area contributed by atoms with E-state index in [1.807, 2.05) is 60.1 Å². The van der Waals surface area contributed by atoms with Crippen molar-refractivity contribution in [2.24, 2.45) is 7.05 Å². The second-order valence-corrected chi connectivity index (χ2v) is 5.94. The van der Waals surface area contributed by atoms with Gasteiger partial charge in [0.25, 0.3) is 5.91 Å². The molecule has 0 aliphatic rings. The Bertz CT molecular complexity index is 1100. The summed E-state index contributed by atoms with van der Waals surface area (Å²) in [5.74, 6) is 0.345. The molecule has 0 saturated heterocycles. The molecule has 0 bridgehead atoms. The van der Waals surface area contributed by atoms with Crippen LogP contribution in [0.4, 0.5) is 5.82 Å². The zero-order chi connectivity index (χ0) is 17.4. The highest BCUT2D eigenvalue weighted by atomic mass is 16.1. The van der Waals surface area contributed by atoms with Crippen molar-refractivity contribution in [2.45, 2.75) is 6.54 Å². The fourth-order valence-corrected chi connectivity index (χ4v) is 3.01. The standard InChI is InChI=1S/C19H17N5O/c1-24-16-5-3-2-4-13(16)9-17(24)19(25)21-10-12-6-7-14-15(8-12)22-11-23-18(14)20/h2-9,11H,10H2,1H3,(H,21,25)(H2,20,22,23). The maximum absolute atomic E-state index is 12.5. The van der Waals surface area contributed by atoms with E-state index in [0.29, 0.717) is 18.1 Å². The number of amides is 1. The Morgan fingerprint density at radius 2 is 2.00 bits per heavy atom. The van der Waals surface area contributed by atoms with Gasteiger partial charge >= 0.3 is 0 Å². The minimum Gasteiger partial charge on any atom is -0.383 e. The van der Waals surface area contributed by atoms with Gasteiger partial charge in [0.15, 0.2) is 0 Å². The van der Waals surface area contributed by atoms with Crippen molar-refractivity contribution in [3.8, 4) is 0 Å². The van der Waals surface area contributed by atoms with Gasteiger partial charge in [-0.05, 0) is 29.8 Å². The smallest absolute Gasteiger partial charge is 0.268 e. The quantitative estimate of drug-likeness (QED) is 0.604. The molecule has 3 N–H and O–H groups in total. The van der Waals surface area contributed by atoms with Gasteiger partial charge in [-0.1, -0.05) is 24.3 Å². The maximum Gasteiger partial charge on any atom is 0.268 e. The molecule has 2 heterocycles. The van der Waals surface area contributed by atoms with Gasteiger partial charge < -0.3 is 15.6 Å². The lowest BCUT2D eigenvalue weighted by molar-refractivity contribution is 0.0943. The number of nitrogens with one attached hydrogen (secondary N) is 1. The van der Waals surface area contributed by atoms with Crippen LogP contribution in [-0.4, -0.2) is 20.4 Å². The molecule has 0 aliphatic carbocycles. The molecule has 0 atom stereocenters. The van der Waals surface area contributed by atoms with Crippen LogP contribution in [0.15, 0.2) is 54.9 Å². The lowest BCUT2D eigenvalue weighted by atomic mass is 10.1. The molecule has 0 saturated carbocycles. The lowest BCUT2D eigenvalue weighted by Gasteiger charge is -2.08. The van der Waals surface area contributed by atoms with Gasteiger partial charge in [0.05, 0.1) is 5.52 Å². The average molecular weight is 331 g/mol. The van der Waals surface area contributed by atoms with Gasteiger partial charge in [-0.2, -0.15) is 0 Å². The first kappa shape index (κ1) is 15.1. The summed E-state index contributed by atoms with van der Waals surface area (Å²) < 4.78 is 1.90. The van der Waals surface area contributed by atoms with Gasteiger partial charge in [0, 0.05) is 29.9 Å². The zero-order valence-electron chi connectivity index (χ0n) is 13.7. The van der Waals surface area contributed by atoms with Crippen LogP contribution in [0.1, 0.15) is 16.1 Å². The Morgan fingerprint density at radius 1 is 1.16 bits per heavy atom. The first-order valence-electron chi connectivity index (χ1n) is 7.95. The fourth-order valence-electron chi connectivity index (χ4n) is 3.01. The number of nitrogens with zero attached hydrogens (tertiary/aromatic N) is 3. The molecular weight excluding hydrogens is 314 g/mol. The van der Waals surface area contributed by atoms with E-state index >= 15 is 0 Å². The summed E-state index contributed by atoms with van der Waals surface area (Å²) in [6.45, 7) is 0.417. The van der Waals surface area contributed by atoms with E-state index in [0.717, 1.165) is 27.4 Å². The van der Waals surface area contributed by atoms with Crippen LogP contribution >= 0.6 is 0 Å². The number of rotatable bonds is 3. The molecular formula is C19H17N5O.